The Labute approximate surface area is 126 Å². The Morgan fingerprint density at radius 3 is 2.75 bits per heavy atom. The monoisotopic (exact) mass is 364 g/mol. The summed E-state index contributed by atoms with van der Waals surface area (Å²) in [7, 11) is -2.28. The minimum atomic E-state index is -3.78. The van der Waals surface area contributed by atoms with Gasteiger partial charge in [0, 0.05) is 17.6 Å². The van der Waals surface area contributed by atoms with Crippen LogP contribution in [0.4, 0.5) is 5.69 Å². The normalized spacial score (nSPS) is 12.9. The fraction of sp³-hybridized carbons (Fsp3) is 0.417. The van der Waals surface area contributed by atoms with Gasteiger partial charge < -0.3 is 15.8 Å². The zero-order valence-electron chi connectivity index (χ0n) is 11.2. The largest absolute Gasteiger partial charge is 0.398 e. The molecule has 0 spiro atoms. The summed E-state index contributed by atoms with van der Waals surface area (Å²) in [5.74, 6) is -1.24. The second-order valence-corrected chi connectivity index (χ2v) is 7.24. The highest BCUT2D eigenvalue weighted by atomic mass is 79.9. The van der Waals surface area contributed by atoms with Crippen LogP contribution >= 0.6 is 15.9 Å². The van der Waals surface area contributed by atoms with Crippen molar-refractivity contribution in [1.29, 1.82) is 0 Å². The van der Waals surface area contributed by atoms with E-state index in [2.05, 4.69) is 21.2 Å². The number of carbonyl (C=O) groups excluding carboxylic acids is 1. The number of rotatable bonds is 6. The molecule has 0 heterocycles. The second kappa shape index (κ2) is 7.05. The maximum absolute atomic E-state index is 12.2. The van der Waals surface area contributed by atoms with Gasteiger partial charge in [0.2, 0.25) is 5.91 Å². The SMILES string of the molecule is COCC(C)NC(=O)CS(=O)(=O)c1cc(Br)ccc1N. The van der Waals surface area contributed by atoms with Crippen LogP contribution in [0.25, 0.3) is 0 Å². The molecule has 1 aromatic rings. The maximum Gasteiger partial charge on any atom is 0.235 e. The number of methoxy groups -OCH3 is 1. The minimum absolute atomic E-state index is 0.0542. The summed E-state index contributed by atoms with van der Waals surface area (Å²) in [6.45, 7) is 2.03. The smallest absolute Gasteiger partial charge is 0.235 e. The first-order chi connectivity index (χ1) is 9.26. The highest BCUT2D eigenvalue weighted by Crippen LogP contribution is 2.23. The Balaban J connectivity index is 2.85. The summed E-state index contributed by atoms with van der Waals surface area (Å²) < 4.78 is 29.8. The van der Waals surface area contributed by atoms with Gasteiger partial charge in [0.15, 0.2) is 9.84 Å². The number of hydrogen-bond donors (Lipinski definition) is 2. The standard InChI is InChI=1S/C12H17BrN2O4S/c1-8(6-19-2)15-12(16)7-20(17,18)11-5-9(13)3-4-10(11)14/h3-5,8H,6-7,14H2,1-2H3,(H,15,16). The zero-order chi connectivity index (χ0) is 15.3. The lowest BCUT2D eigenvalue weighted by Gasteiger charge is -2.13. The van der Waals surface area contributed by atoms with Gasteiger partial charge in [-0.25, -0.2) is 8.42 Å². The molecule has 1 unspecified atom stereocenters. The lowest BCUT2D eigenvalue weighted by Crippen LogP contribution is -2.39. The number of nitrogens with two attached hydrogens (primary N) is 1. The molecular weight excluding hydrogens is 348 g/mol. The molecule has 0 saturated heterocycles. The van der Waals surface area contributed by atoms with Gasteiger partial charge in [0.1, 0.15) is 5.75 Å². The molecule has 0 aliphatic rings. The van der Waals surface area contributed by atoms with Crippen molar-refractivity contribution >= 4 is 37.4 Å². The first-order valence-corrected chi connectivity index (χ1v) is 8.27. The van der Waals surface area contributed by atoms with E-state index in [1.807, 2.05) is 0 Å². The molecule has 6 nitrogen and oxygen atoms in total. The van der Waals surface area contributed by atoms with E-state index in [-0.39, 0.29) is 16.6 Å². The molecule has 0 radical (unpaired) electrons. The Hall–Kier alpha value is -1.12. The minimum Gasteiger partial charge on any atom is -0.398 e. The highest BCUT2D eigenvalue weighted by molar-refractivity contribution is 9.10. The fourth-order valence-electron chi connectivity index (χ4n) is 1.64. The first-order valence-electron chi connectivity index (χ1n) is 5.82. The van der Waals surface area contributed by atoms with E-state index in [1.165, 1.54) is 19.2 Å². The molecule has 1 atom stereocenters. The predicted molar refractivity (Wildman–Crippen MR) is 80.1 cm³/mol. The molecule has 20 heavy (non-hydrogen) atoms. The van der Waals surface area contributed by atoms with Gasteiger partial charge in [0.25, 0.3) is 0 Å². The first kappa shape index (κ1) is 16.9. The van der Waals surface area contributed by atoms with Crippen LogP contribution in [0.5, 0.6) is 0 Å². The Morgan fingerprint density at radius 1 is 1.50 bits per heavy atom. The van der Waals surface area contributed by atoms with Crippen LogP contribution in [0.2, 0.25) is 0 Å². The van der Waals surface area contributed by atoms with Crippen molar-refractivity contribution in [3.8, 4) is 0 Å². The number of ether oxygens (including phenoxy) is 1. The van der Waals surface area contributed by atoms with Crippen LogP contribution in [-0.4, -0.2) is 39.8 Å². The number of nitrogens with one attached hydrogen (secondary N) is 1. The second-order valence-electron chi connectivity index (χ2n) is 4.37. The summed E-state index contributed by atoms with van der Waals surface area (Å²) >= 11 is 3.18. The average Bonchev–Trinajstić information content (AvgIpc) is 2.31. The molecule has 0 bridgehead atoms. The Kier molecular flexibility index (Phi) is 5.97. The van der Waals surface area contributed by atoms with Crippen molar-refractivity contribution in [3.05, 3.63) is 22.7 Å². The Morgan fingerprint density at radius 2 is 2.15 bits per heavy atom. The van der Waals surface area contributed by atoms with Gasteiger partial charge in [-0.2, -0.15) is 0 Å². The van der Waals surface area contributed by atoms with E-state index in [9.17, 15) is 13.2 Å². The lowest BCUT2D eigenvalue weighted by molar-refractivity contribution is -0.119. The van der Waals surface area contributed by atoms with E-state index >= 15 is 0 Å². The quantitative estimate of drug-likeness (QED) is 0.732. The number of anilines is 1. The van der Waals surface area contributed by atoms with Gasteiger partial charge in [0.05, 0.1) is 17.2 Å². The Bertz CT molecular complexity index is 589. The molecule has 3 N–H and O–H groups in total. The number of nitrogen functional groups attached to an aromatic ring is 1. The lowest BCUT2D eigenvalue weighted by atomic mass is 10.3. The molecule has 0 fully saturated rings. The predicted octanol–water partition coefficient (Wildman–Crippen LogP) is 0.956. The summed E-state index contributed by atoms with van der Waals surface area (Å²) in [5, 5.41) is 2.55. The van der Waals surface area contributed by atoms with Crippen molar-refractivity contribution < 1.29 is 17.9 Å². The number of benzene rings is 1. The number of sulfone groups is 1. The van der Waals surface area contributed by atoms with Crippen molar-refractivity contribution in [2.24, 2.45) is 0 Å². The zero-order valence-corrected chi connectivity index (χ0v) is 13.6. The summed E-state index contributed by atoms with van der Waals surface area (Å²) in [6, 6.07) is 4.23. The molecule has 1 amide bonds. The number of carbonyl (C=O) groups is 1. The summed E-state index contributed by atoms with van der Waals surface area (Å²) in [4.78, 5) is 11.7. The molecule has 0 saturated carbocycles. The van der Waals surface area contributed by atoms with Crippen LogP contribution in [0.1, 0.15) is 6.92 Å². The van der Waals surface area contributed by atoms with Crippen molar-refractivity contribution in [3.63, 3.8) is 0 Å². The van der Waals surface area contributed by atoms with E-state index in [1.54, 1.807) is 13.0 Å². The highest BCUT2D eigenvalue weighted by Gasteiger charge is 2.22. The molecule has 1 aromatic carbocycles. The molecule has 0 aliphatic carbocycles. The molecular formula is C12H17BrN2O4S. The van der Waals surface area contributed by atoms with E-state index in [0.29, 0.717) is 11.1 Å². The van der Waals surface area contributed by atoms with Crippen LogP contribution < -0.4 is 11.1 Å². The summed E-state index contributed by atoms with van der Waals surface area (Å²) in [6.07, 6.45) is 0. The molecule has 0 aromatic heterocycles. The molecule has 112 valence electrons. The van der Waals surface area contributed by atoms with Gasteiger partial charge >= 0.3 is 0 Å². The third kappa shape index (κ3) is 4.77. The van der Waals surface area contributed by atoms with Crippen molar-refractivity contribution in [2.45, 2.75) is 17.9 Å². The van der Waals surface area contributed by atoms with Crippen LogP contribution in [0, 0.1) is 0 Å². The van der Waals surface area contributed by atoms with Gasteiger partial charge in [-0.3, -0.25) is 4.79 Å². The third-order valence-corrected chi connectivity index (χ3v) is 4.61. The van der Waals surface area contributed by atoms with Crippen molar-refractivity contribution in [1.82, 2.24) is 5.32 Å². The third-order valence-electron chi connectivity index (χ3n) is 2.46. The van der Waals surface area contributed by atoms with Gasteiger partial charge in [-0.1, -0.05) is 15.9 Å². The van der Waals surface area contributed by atoms with E-state index in [0.717, 1.165) is 0 Å². The van der Waals surface area contributed by atoms with Crippen LogP contribution in [0.15, 0.2) is 27.6 Å². The van der Waals surface area contributed by atoms with E-state index in [4.69, 9.17) is 10.5 Å². The summed E-state index contributed by atoms with van der Waals surface area (Å²) in [5.41, 5.74) is 5.77. The maximum atomic E-state index is 12.2. The van der Waals surface area contributed by atoms with Gasteiger partial charge in [-0.15, -0.1) is 0 Å². The fourth-order valence-corrected chi connectivity index (χ4v) is 3.47. The number of hydrogen-bond acceptors (Lipinski definition) is 5. The molecule has 8 heteroatoms. The average molecular weight is 365 g/mol. The van der Waals surface area contributed by atoms with E-state index < -0.39 is 21.5 Å². The molecule has 0 aliphatic heterocycles. The van der Waals surface area contributed by atoms with Crippen LogP contribution in [0.3, 0.4) is 0 Å². The van der Waals surface area contributed by atoms with Crippen LogP contribution in [-0.2, 0) is 19.4 Å². The van der Waals surface area contributed by atoms with Gasteiger partial charge in [-0.05, 0) is 25.1 Å². The molecule has 1 rings (SSSR count). The van der Waals surface area contributed by atoms with Crippen molar-refractivity contribution in [2.75, 3.05) is 25.2 Å². The topological polar surface area (TPSA) is 98.5 Å². The number of amides is 1. The number of halogens is 1.